The number of nitrogens with two attached hydrogens (primary N) is 1. The molecule has 0 aliphatic carbocycles. The molecule has 21 heavy (non-hydrogen) atoms. The molecule has 1 atom stereocenters. The Balaban J connectivity index is 1.96. The van der Waals surface area contributed by atoms with Crippen molar-refractivity contribution in [3.8, 4) is 0 Å². The minimum atomic E-state index is -0.249. The Morgan fingerprint density at radius 2 is 2.14 bits per heavy atom. The van der Waals surface area contributed by atoms with Crippen molar-refractivity contribution in [1.82, 2.24) is 14.8 Å². The molecule has 0 saturated carbocycles. The van der Waals surface area contributed by atoms with Crippen LogP contribution in [0.2, 0.25) is 0 Å². The molecule has 6 heteroatoms. The van der Waals surface area contributed by atoms with E-state index in [4.69, 9.17) is 5.73 Å². The van der Waals surface area contributed by atoms with Gasteiger partial charge in [0.25, 0.3) is 0 Å². The van der Waals surface area contributed by atoms with Gasteiger partial charge in [-0.3, -0.25) is 0 Å². The molecule has 2 N–H and O–H groups in total. The third-order valence-corrected chi connectivity index (χ3v) is 4.88. The molecular weight excluding hydrogens is 287 g/mol. The lowest BCUT2D eigenvalue weighted by molar-refractivity contribution is 0.581. The molecule has 4 nitrogen and oxygen atoms in total. The average Bonchev–Trinajstić information content (AvgIpc) is 2.69. The molecule has 112 valence electrons. The van der Waals surface area contributed by atoms with Gasteiger partial charge in [0, 0.05) is 19.0 Å². The van der Waals surface area contributed by atoms with E-state index in [2.05, 4.69) is 14.8 Å². The zero-order chi connectivity index (χ0) is 14.8. The van der Waals surface area contributed by atoms with Crippen molar-refractivity contribution >= 4 is 11.8 Å². The Labute approximate surface area is 127 Å². The van der Waals surface area contributed by atoms with Crippen LogP contribution in [0.1, 0.15) is 43.6 Å². The van der Waals surface area contributed by atoms with E-state index in [1.54, 1.807) is 6.07 Å². The number of rotatable bonds is 3. The van der Waals surface area contributed by atoms with E-state index in [-0.39, 0.29) is 11.9 Å². The molecule has 3 rings (SSSR count). The largest absolute Gasteiger partial charge is 0.324 e. The van der Waals surface area contributed by atoms with Gasteiger partial charge in [-0.2, -0.15) is 0 Å². The van der Waals surface area contributed by atoms with E-state index in [1.807, 2.05) is 13.0 Å². The van der Waals surface area contributed by atoms with Gasteiger partial charge in [-0.1, -0.05) is 18.6 Å². The van der Waals surface area contributed by atoms with Crippen molar-refractivity contribution in [2.24, 2.45) is 5.73 Å². The van der Waals surface area contributed by atoms with Crippen molar-refractivity contribution in [2.75, 3.05) is 0 Å². The van der Waals surface area contributed by atoms with Crippen LogP contribution in [-0.2, 0) is 13.0 Å². The number of hydrogen-bond donors (Lipinski definition) is 1. The Morgan fingerprint density at radius 3 is 2.95 bits per heavy atom. The fourth-order valence-corrected chi connectivity index (χ4v) is 3.73. The molecule has 0 amide bonds. The quantitative estimate of drug-likeness (QED) is 0.945. The lowest BCUT2D eigenvalue weighted by Crippen LogP contribution is -2.08. The lowest BCUT2D eigenvalue weighted by Gasteiger charge is -2.13. The second-order valence-electron chi connectivity index (χ2n) is 5.41. The molecule has 1 aromatic carbocycles. The summed E-state index contributed by atoms with van der Waals surface area (Å²) in [4.78, 5) is 0.562. The maximum Gasteiger partial charge on any atom is 0.196 e. The molecule has 2 aromatic rings. The standard InChI is InChI=1S/C15H19FN4S/c1-10(17)11-6-5-7-12(16)14(11)21-15-19-18-13-8-3-2-4-9-20(13)15/h5-7,10H,2-4,8-9,17H2,1H3. The highest BCUT2D eigenvalue weighted by Gasteiger charge is 2.19. The zero-order valence-electron chi connectivity index (χ0n) is 12.1. The molecule has 1 unspecified atom stereocenters. The summed E-state index contributed by atoms with van der Waals surface area (Å²) in [6.45, 7) is 2.77. The number of aromatic nitrogens is 3. The molecule has 0 radical (unpaired) electrons. The average molecular weight is 306 g/mol. The predicted octanol–water partition coefficient (Wildman–Crippen LogP) is 3.31. The smallest absolute Gasteiger partial charge is 0.196 e. The van der Waals surface area contributed by atoms with Crippen LogP contribution in [0.5, 0.6) is 0 Å². The number of fused-ring (bicyclic) bond motifs is 1. The van der Waals surface area contributed by atoms with Crippen molar-refractivity contribution in [3.63, 3.8) is 0 Å². The van der Waals surface area contributed by atoms with Crippen LogP contribution in [0.15, 0.2) is 28.3 Å². The molecule has 2 heterocycles. The summed E-state index contributed by atoms with van der Waals surface area (Å²) in [6, 6.07) is 4.82. The van der Waals surface area contributed by atoms with Gasteiger partial charge >= 0.3 is 0 Å². The van der Waals surface area contributed by atoms with Gasteiger partial charge < -0.3 is 10.3 Å². The van der Waals surface area contributed by atoms with Crippen molar-refractivity contribution in [3.05, 3.63) is 35.4 Å². The van der Waals surface area contributed by atoms with Gasteiger partial charge in [-0.25, -0.2) is 4.39 Å². The summed E-state index contributed by atoms with van der Waals surface area (Å²) in [5.41, 5.74) is 6.76. The monoisotopic (exact) mass is 306 g/mol. The summed E-state index contributed by atoms with van der Waals surface area (Å²) < 4.78 is 16.3. The summed E-state index contributed by atoms with van der Waals surface area (Å²) in [5, 5.41) is 9.26. The fourth-order valence-electron chi connectivity index (χ4n) is 2.62. The van der Waals surface area contributed by atoms with Gasteiger partial charge in [0.1, 0.15) is 11.6 Å². The maximum absolute atomic E-state index is 14.2. The van der Waals surface area contributed by atoms with E-state index in [0.29, 0.717) is 4.90 Å². The normalized spacial score (nSPS) is 16.3. The molecule has 0 saturated heterocycles. The van der Waals surface area contributed by atoms with Crippen LogP contribution < -0.4 is 5.73 Å². The van der Waals surface area contributed by atoms with E-state index >= 15 is 0 Å². The van der Waals surface area contributed by atoms with E-state index < -0.39 is 0 Å². The van der Waals surface area contributed by atoms with Crippen LogP contribution in [-0.4, -0.2) is 14.8 Å². The molecule has 0 bridgehead atoms. The minimum absolute atomic E-state index is 0.213. The van der Waals surface area contributed by atoms with E-state index in [0.717, 1.165) is 42.4 Å². The van der Waals surface area contributed by atoms with Crippen molar-refractivity contribution in [1.29, 1.82) is 0 Å². The first-order valence-corrected chi connectivity index (χ1v) is 8.12. The summed E-state index contributed by atoms with van der Waals surface area (Å²) >= 11 is 1.33. The second-order valence-corrected chi connectivity index (χ2v) is 6.39. The maximum atomic E-state index is 14.2. The highest BCUT2D eigenvalue weighted by atomic mass is 32.2. The molecule has 1 aromatic heterocycles. The first-order valence-electron chi connectivity index (χ1n) is 7.30. The number of benzene rings is 1. The topological polar surface area (TPSA) is 56.7 Å². The van der Waals surface area contributed by atoms with Gasteiger partial charge in [0.15, 0.2) is 5.16 Å². The SMILES string of the molecule is CC(N)c1cccc(F)c1Sc1nnc2n1CCCCC2. The van der Waals surface area contributed by atoms with Crippen LogP contribution in [0.4, 0.5) is 4.39 Å². The molecule has 1 aliphatic heterocycles. The van der Waals surface area contributed by atoms with E-state index in [1.165, 1.54) is 24.2 Å². The fraction of sp³-hybridized carbons (Fsp3) is 0.467. The van der Waals surface area contributed by atoms with Gasteiger partial charge in [0.05, 0.1) is 4.90 Å². The number of nitrogens with zero attached hydrogens (tertiary/aromatic N) is 3. The first-order chi connectivity index (χ1) is 10.2. The van der Waals surface area contributed by atoms with Crippen molar-refractivity contribution in [2.45, 2.75) is 55.2 Å². The van der Waals surface area contributed by atoms with Crippen LogP contribution >= 0.6 is 11.8 Å². The predicted molar refractivity (Wildman–Crippen MR) is 80.7 cm³/mol. The second kappa shape index (κ2) is 6.15. The first kappa shape index (κ1) is 14.5. The highest BCUT2D eigenvalue weighted by molar-refractivity contribution is 7.99. The van der Waals surface area contributed by atoms with E-state index in [9.17, 15) is 4.39 Å². The Kier molecular flexibility index (Phi) is 4.26. The number of aryl methyl sites for hydroxylation is 1. The minimum Gasteiger partial charge on any atom is -0.324 e. The lowest BCUT2D eigenvalue weighted by atomic mass is 10.1. The molecule has 0 spiro atoms. The molecule has 1 aliphatic rings. The van der Waals surface area contributed by atoms with Crippen LogP contribution in [0, 0.1) is 5.82 Å². The number of hydrogen-bond acceptors (Lipinski definition) is 4. The number of halogens is 1. The van der Waals surface area contributed by atoms with Crippen LogP contribution in [0.25, 0.3) is 0 Å². The third kappa shape index (κ3) is 2.96. The zero-order valence-corrected chi connectivity index (χ0v) is 12.9. The highest BCUT2D eigenvalue weighted by Crippen LogP contribution is 2.35. The molecule has 0 fully saturated rings. The molecular formula is C15H19FN4S. The summed E-state index contributed by atoms with van der Waals surface area (Å²) in [7, 11) is 0. The Hall–Kier alpha value is -1.40. The Morgan fingerprint density at radius 1 is 1.29 bits per heavy atom. The van der Waals surface area contributed by atoms with Gasteiger partial charge in [-0.15, -0.1) is 10.2 Å². The summed E-state index contributed by atoms with van der Waals surface area (Å²) in [6.07, 6.45) is 4.42. The van der Waals surface area contributed by atoms with Crippen LogP contribution in [0.3, 0.4) is 0 Å². The Bertz CT molecular complexity index is 639. The van der Waals surface area contributed by atoms with Crippen molar-refractivity contribution < 1.29 is 4.39 Å². The summed E-state index contributed by atoms with van der Waals surface area (Å²) in [5.74, 6) is 0.759. The van der Waals surface area contributed by atoms with Gasteiger partial charge in [-0.05, 0) is 43.2 Å². The van der Waals surface area contributed by atoms with Gasteiger partial charge in [0.2, 0.25) is 0 Å². The third-order valence-electron chi connectivity index (χ3n) is 3.76.